The number of ether oxygens (including phenoxy) is 2. The molecule has 0 aliphatic heterocycles. The predicted molar refractivity (Wildman–Crippen MR) is 90.8 cm³/mol. The molecule has 1 heterocycles. The normalized spacial score (nSPS) is 11.0. The van der Waals surface area contributed by atoms with Crippen LogP contribution in [0, 0.1) is 13.8 Å². The smallest absolute Gasteiger partial charge is 0.273 e. The number of carbonyl (C=O) groups excluding carboxylic acids is 1. The third-order valence-corrected chi connectivity index (χ3v) is 3.44. The maximum atomic E-state index is 12.3. The lowest BCUT2D eigenvalue weighted by Crippen LogP contribution is -2.35. The molecule has 24 heavy (non-hydrogen) atoms. The Hall–Kier alpha value is -2.18. The first kappa shape index (κ1) is 18.2. The van der Waals surface area contributed by atoms with Crippen LogP contribution in [0.25, 0.3) is 11.5 Å². The van der Waals surface area contributed by atoms with Crippen LogP contribution in [0.15, 0.2) is 28.7 Å². The summed E-state index contributed by atoms with van der Waals surface area (Å²) in [5, 5.41) is 2.77. The Kier molecular flexibility index (Phi) is 6.52. The van der Waals surface area contributed by atoms with Crippen LogP contribution in [0.3, 0.4) is 0 Å². The fourth-order valence-electron chi connectivity index (χ4n) is 2.22. The van der Waals surface area contributed by atoms with Crippen molar-refractivity contribution in [3.8, 4) is 11.5 Å². The Morgan fingerprint density at radius 2 is 1.79 bits per heavy atom. The molecule has 130 valence electrons. The lowest BCUT2D eigenvalue weighted by Gasteiger charge is -2.16. The van der Waals surface area contributed by atoms with Gasteiger partial charge in [0.25, 0.3) is 5.91 Å². The number of nitrogens with zero attached hydrogens (tertiary/aromatic N) is 1. The molecule has 0 spiro atoms. The SMILES string of the molecule is CCOC(CNC(=O)c1nc(-c2ccc(C)cc2)oc1C)OCC. The van der Waals surface area contributed by atoms with Gasteiger partial charge in [0.1, 0.15) is 5.76 Å². The van der Waals surface area contributed by atoms with Crippen molar-refractivity contribution in [3.05, 3.63) is 41.3 Å². The van der Waals surface area contributed by atoms with Gasteiger partial charge in [0.15, 0.2) is 12.0 Å². The van der Waals surface area contributed by atoms with Crippen molar-refractivity contribution in [1.29, 1.82) is 0 Å². The number of aryl methyl sites for hydroxylation is 2. The van der Waals surface area contributed by atoms with Gasteiger partial charge in [0.05, 0.1) is 6.54 Å². The molecule has 0 bridgehead atoms. The lowest BCUT2D eigenvalue weighted by molar-refractivity contribution is -0.131. The zero-order valence-electron chi connectivity index (χ0n) is 14.6. The Bertz CT molecular complexity index is 658. The molecule has 0 aliphatic carbocycles. The summed E-state index contributed by atoms with van der Waals surface area (Å²) >= 11 is 0. The number of amides is 1. The van der Waals surface area contributed by atoms with Crippen LogP contribution in [0.5, 0.6) is 0 Å². The van der Waals surface area contributed by atoms with Crippen molar-refractivity contribution in [2.75, 3.05) is 19.8 Å². The minimum atomic E-state index is -0.465. The molecule has 0 radical (unpaired) electrons. The molecule has 2 aromatic rings. The number of rotatable bonds is 8. The van der Waals surface area contributed by atoms with E-state index in [-0.39, 0.29) is 18.1 Å². The molecule has 0 saturated carbocycles. The maximum absolute atomic E-state index is 12.3. The molecule has 1 N–H and O–H groups in total. The topological polar surface area (TPSA) is 73.6 Å². The highest BCUT2D eigenvalue weighted by Crippen LogP contribution is 2.22. The molecule has 6 nitrogen and oxygen atoms in total. The van der Waals surface area contributed by atoms with Gasteiger partial charge in [-0.2, -0.15) is 0 Å². The molecular weight excluding hydrogens is 308 g/mol. The van der Waals surface area contributed by atoms with E-state index in [9.17, 15) is 4.79 Å². The van der Waals surface area contributed by atoms with Crippen molar-refractivity contribution in [1.82, 2.24) is 10.3 Å². The van der Waals surface area contributed by atoms with Crippen molar-refractivity contribution >= 4 is 5.91 Å². The average Bonchev–Trinajstić information content (AvgIpc) is 2.95. The van der Waals surface area contributed by atoms with Crippen LogP contribution in [0.4, 0.5) is 0 Å². The fraction of sp³-hybridized carbons (Fsp3) is 0.444. The van der Waals surface area contributed by atoms with E-state index in [1.807, 2.05) is 45.0 Å². The van der Waals surface area contributed by atoms with Gasteiger partial charge >= 0.3 is 0 Å². The number of carbonyl (C=O) groups is 1. The zero-order valence-corrected chi connectivity index (χ0v) is 14.6. The number of benzene rings is 1. The summed E-state index contributed by atoms with van der Waals surface area (Å²) in [6.07, 6.45) is -0.465. The summed E-state index contributed by atoms with van der Waals surface area (Å²) < 4.78 is 16.4. The van der Waals surface area contributed by atoms with Crippen LogP contribution >= 0.6 is 0 Å². The van der Waals surface area contributed by atoms with Crippen molar-refractivity contribution in [2.24, 2.45) is 0 Å². The van der Waals surface area contributed by atoms with Gasteiger partial charge in [-0.05, 0) is 39.8 Å². The van der Waals surface area contributed by atoms with E-state index in [4.69, 9.17) is 13.9 Å². The van der Waals surface area contributed by atoms with Gasteiger partial charge < -0.3 is 19.2 Å². The summed E-state index contributed by atoms with van der Waals surface area (Å²) in [7, 11) is 0. The van der Waals surface area contributed by atoms with E-state index in [1.54, 1.807) is 6.92 Å². The number of hydrogen-bond donors (Lipinski definition) is 1. The number of hydrogen-bond acceptors (Lipinski definition) is 5. The molecule has 0 atom stereocenters. The van der Waals surface area contributed by atoms with Crippen molar-refractivity contribution in [3.63, 3.8) is 0 Å². The molecule has 6 heteroatoms. The molecule has 0 unspecified atom stereocenters. The summed E-state index contributed by atoms with van der Waals surface area (Å²) in [4.78, 5) is 16.7. The van der Waals surface area contributed by atoms with Crippen LogP contribution in [-0.4, -0.2) is 36.9 Å². The van der Waals surface area contributed by atoms with Gasteiger partial charge in [-0.15, -0.1) is 0 Å². The number of oxazole rings is 1. The van der Waals surface area contributed by atoms with E-state index >= 15 is 0 Å². The Morgan fingerprint density at radius 3 is 2.38 bits per heavy atom. The molecule has 0 fully saturated rings. The van der Waals surface area contributed by atoms with Gasteiger partial charge in [-0.3, -0.25) is 4.79 Å². The molecule has 2 rings (SSSR count). The second-order valence-electron chi connectivity index (χ2n) is 5.34. The second kappa shape index (κ2) is 8.61. The van der Waals surface area contributed by atoms with Gasteiger partial charge in [-0.25, -0.2) is 4.98 Å². The van der Waals surface area contributed by atoms with Gasteiger partial charge in [0, 0.05) is 18.8 Å². The van der Waals surface area contributed by atoms with E-state index in [2.05, 4.69) is 10.3 Å². The van der Waals surface area contributed by atoms with Crippen LogP contribution in [0.1, 0.15) is 35.7 Å². The van der Waals surface area contributed by atoms with Gasteiger partial charge in [0.2, 0.25) is 5.89 Å². The monoisotopic (exact) mass is 332 g/mol. The standard InChI is InChI=1S/C18H24N2O4/c1-5-22-15(23-6-2)11-19-17(21)16-13(4)24-18(20-16)14-9-7-12(3)8-10-14/h7-10,15H,5-6,11H2,1-4H3,(H,19,21). The largest absolute Gasteiger partial charge is 0.441 e. The van der Waals surface area contributed by atoms with Crippen molar-refractivity contribution < 1.29 is 18.7 Å². The summed E-state index contributed by atoms with van der Waals surface area (Å²) in [5.41, 5.74) is 2.26. The third-order valence-electron chi connectivity index (χ3n) is 3.44. The molecule has 1 amide bonds. The molecule has 0 aliphatic rings. The molecular formula is C18H24N2O4. The van der Waals surface area contributed by atoms with Crippen LogP contribution in [0.2, 0.25) is 0 Å². The lowest BCUT2D eigenvalue weighted by atomic mass is 10.1. The number of aromatic nitrogens is 1. The van der Waals surface area contributed by atoms with E-state index in [0.717, 1.165) is 11.1 Å². The average molecular weight is 332 g/mol. The first-order chi connectivity index (χ1) is 11.5. The summed E-state index contributed by atoms with van der Waals surface area (Å²) in [5.74, 6) is 0.607. The highest BCUT2D eigenvalue weighted by molar-refractivity contribution is 5.93. The molecule has 1 aromatic carbocycles. The fourth-order valence-corrected chi connectivity index (χ4v) is 2.22. The predicted octanol–water partition coefficient (Wildman–Crippen LogP) is 3.09. The third kappa shape index (κ3) is 4.66. The molecule has 0 saturated heterocycles. The quantitative estimate of drug-likeness (QED) is 0.752. The highest BCUT2D eigenvalue weighted by Gasteiger charge is 2.19. The maximum Gasteiger partial charge on any atom is 0.273 e. The van der Waals surface area contributed by atoms with E-state index in [1.165, 1.54) is 0 Å². The van der Waals surface area contributed by atoms with Crippen molar-refractivity contribution in [2.45, 2.75) is 34.0 Å². The van der Waals surface area contributed by atoms with Crippen LogP contribution < -0.4 is 5.32 Å². The zero-order chi connectivity index (χ0) is 17.5. The summed E-state index contributed by atoms with van der Waals surface area (Å²) in [6.45, 7) is 8.78. The van der Waals surface area contributed by atoms with Gasteiger partial charge in [-0.1, -0.05) is 17.7 Å². The minimum Gasteiger partial charge on any atom is -0.441 e. The van der Waals surface area contributed by atoms with Crippen LogP contribution in [-0.2, 0) is 9.47 Å². The Labute approximate surface area is 142 Å². The second-order valence-corrected chi connectivity index (χ2v) is 5.34. The first-order valence-electron chi connectivity index (χ1n) is 8.11. The Balaban J connectivity index is 2.06. The first-order valence-corrected chi connectivity index (χ1v) is 8.11. The Morgan fingerprint density at radius 1 is 1.17 bits per heavy atom. The molecule has 1 aromatic heterocycles. The minimum absolute atomic E-state index is 0.257. The van der Waals surface area contributed by atoms with E-state index in [0.29, 0.717) is 24.9 Å². The number of nitrogens with one attached hydrogen (secondary N) is 1. The highest BCUT2D eigenvalue weighted by atomic mass is 16.7. The van der Waals surface area contributed by atoms with E-state index < -0.39 is 6.29 Å². The summed E-state index contributed by atoms with van der Waals surface area (Å²) in [6, 6.07) is 7.79.